The van der Waals surface area contributed by atoms with Gasteiger partial charge in [0.25, 0.3) is 5.91 Å². The summed E-state index contributed by atoms with van der Waals surface area (Å²) in [6.07, 6.45) is 4.83. The molecule has 0 aliphatic carbocycles. The fourth-order valence-electron chi connectivity index (χ4n) is 2.43. The lowest BCUT2D eigenvalue weighted by molar-refractivity contribution is -0.115. The van der Waals surface area contributed by atoms with Gasteiger partial charge < -0.3 is 5.32 Å². The molecule has 1 aliphatic heterocycles. The van der Waals surface area contributed by atoms with Crippen molar-refractivity contribution in [3.8, 4) is 10.6 Å². The van der Waals surface area contributed by atoms with E-state index in [1.165, 1.54) is 24.3 Å². The zero-order valence-electron chi connectivity index (χ0n) is 12.9. The molecule has 9 heteroatoms. The number of amides is 3. The Morgan fingerprint density at radius 1 is 1.24 bits per heavy atom. The number of hydrogen-bond donors (Lipinski definition) is 2. The third-order valence-electron chi connectivity index (χ3n) is 3.62. The molecule has 1 fully saturated rings. The zero-order valence-corrected chi connectivity index (χ0v) is 13.8. The number of nitrogens with one attached hydrogen (secondary N) is 2. The number of rotatable bonds is 3. The number of nitrogens with zero attached hydrogens (tertiary/aromatic N) is 3. The quantitative estimate of drug-likeness (QED) is 0.425. The van der Waals surface area contributed by atoms with E-state index in [9.17, 15) is 14.4 Å². The molecule has 0 unspecified atom stereocenters. The lowest BCUT2D eigenvalue weighted by Gasteiger charge is -1.99. The molecular weight excluding hydrogens is 342 g/mol. The molecule has 2 N–H and O–H groups in total. The van der Waals surface area contributed by atoms with Crippen molar-refractivity contribution in [2.24, 2.45) is 0 Å². The maximum Gasteiger partial charge on any atom is 0.326 e. The van der Waals surface area contributed by atoms with Crippen LogP contribution in [0.3, 0.4) is 0 Å². The second-order valence-electron chi connectivity index (χ2n) is 5.37. The lowest BCUT2D eigenvalue weighted by atomic mass is 10.2. The Morgan fingerprint density at radius 3 is 2.76 bits per heavy atom. The molecule has 0 aromatic carbocycles. The summed E-state index contributed by atoms with van der Waals surface area (Å²) in [6.45, 7) is 1.52. The van der Waals surface area contributed by atoms with E-state index < -0.39 is 11.9 Å². The van der Waals surface area contributed by atoms with Gasteiger partial charge in [0, 0.05) is 11.8 Å². The topological polar surface area (TPSA) is 105 Å². The molecule has 4 heterocycles. The largest absolute Gasteiger partial charge is 0.326 e. The van der Waals surface area contributed by atoms with Crippen LogP contribution in [-0.2, 0) is 4.79 Å². The molecule has 3 aromatic heterocycles. The van der Waals surface area contributed by atoms with E-state index in [4.69, 9.17) is 0 Å². The first kappa shape index (κ1) is 15.2. The third-order valence-corrected chi connectivity index (χ3v) is 4.83. The maximum absolute atomic E-state index is 11.7. The number of imide groups is 1. The van der Waals surface area contributed by atoms with Crippen LogP contribution in [0.15, 0.2) is 36.3 Å². The first-order valence-electron chi connectivity index (χ1n) is 7.31. The molecule has 3 amide bonds. The van der Waals surface area contributed by atoms with Gasteiger partial charge in [-0.25, -0.2) is 14.3 Å². The Labute approximate surface area is 145 Å². The molecule has 0 saturated carbocycles. The fraction of sp³-hybridized carbons (Fsp3) is 0.0625. The molecule has 4 rings (SSSR count). The molecule has 124 valence electrons. The van der Waals surface area contributed by atoms with Gasteiger partial charge in [0.15, 0.2) is 11.4 Å². The Balaban J connectivity index is 1.77. The summed E-state index contributed by atoms with van der Waals surface area (Å²) in [7, 11) is 0. The van der Waals surface area contributed by atoms with Crippen molar-refractivity contribution in [1.29, 1.82) is 0 Å². The molecule has 0 bridgehead atoms. The van der Waals surface area contributed by atoms with E-state index in [0.717, 1.165) is 4.88 Å². The van der Waals surface area contributed by atoms with E-state index in [-0.39, 0.29) is 11.5 Å². The molecule has 3 aromatic rings. The summed E-state index contributed by atoms with van der Waals surface area (Å²) >= 11 is 1.37. The molecule has 1 aliphatic rings. The smallest absolute Gasteiger partial charge is 0.303 e. The number of hydrogen-bond acceptors (Lipinski definition) is 6. The van der Waals surface area contributed by atoms with Crippen molar-refractivity contribution < 1.29 is 14.4 Å². The SMILES string of the molecule is CC(=O)c1ccc(-c2ccn3ncc(/C=C4\NC(=O)NC4=O)c3n2)s1. The van der Waals surface area contributed by atoms with Crippen LogP contribution >= 0.6 is 11.3 Å². The number of fused-ring (bicyclic) bond motifs is 1. The van der Waals surface area contributed by atoms with E-state index in [1.807, 2.05) is 6.07 Å². The van der Waals surface area contributed by atoms with Gasteiger partial charge in [-0.05, 0) is 31.2 Å². The van der Waals surface area contributed by atoms with Crippen LogP contribution < -0.4 is 10.6 Å². The van der Waals surface area contributed by atoms with Crippen molar-refractivity contribution in [3.63, 3.8) is 0 Å². The second-order valence-corrected chi connectivity index (χ2v) is 6.45. The van der Waals surface area contributed by atoms with Crippen LogP contribution in [0.25, 0.3) is 22.3 Å². The normalized spacial score (nSPS) is 15.6. The van der Waals surface area contributed by atoms with Crippen LogP contribution in [0.2, 0.25) is 0 Å². The Bertz CT molecular complexity index is 1080. The van der Waals surface area contributed by atoms with Gasteiger partial charge in [-0.1, -0.05) is 0 Å². The van der Waals surface area contributed by atoms with Crippen LogP contribution in [0.5, 0.6) is 0 Å². The molecular formula is C16H11N5O3S. The van der Waals surface area contributed by atoms with Gasteiger partial charge in [0.1, 0.15) is 5.70 Å². The number of aromatic nitrogens is 3. The van der Waals surface area contributed by atoms with Crippen molar-refractivity contribution in [2.45, 2.75) is 6.92 Å². The van der Waals surface area contributed by atoms with Crippen LogP contribution in [0.1, 0.15) is 22.2 Å². The first-order chi connectivity index (χ1) is 12.0. The number of carbonyl (C=O) groups is 3. The first-order valence-corrected chi connectivity index (χ1v) is 8.12. The van der Waals surface area contributed by atoms with Crippen LogP contribution in [0, 0.1) is 0 Å². The van der Waals surface area contributed by atoms with Crippen molar-refractivity contribution in [1.82, 2.24) is 25.2 Å². The van der Waals surface area contributed by atoms with E-state index in [1.54, 1.807) is 29.0 Å². The van der Waals surface area contributed by atoms with Crippen molar-refractivity contribution in [3.05, 3.63) is 46.7 Å². The average Bonchev–Trinajstić information content (AvgIpc) is 3.27. The van der Waals surface area contributed by atoms with E-state index in [0.29, 0.717) is 21.8 Å². The maximum atomic E-state index is 11.7. The predicted octanol–water partition coefficient (Wildman–Crippen LogP) is 1.84. The Kier molecular flexibility index (Phi) is 3.43. The van der Waals surface area contributed by atoms with Gasteiger partial charge in [-0.3, -0.25) is 14.9 Å². The average molecular weight is 353 g/mol. The number of ketones is 1. The highest BCUT2D eigenvalue weighted by Gasteiger charge is 2.23. The minimum absolute atomic E-state index is 0.00934. The number of urea groups is 1. The van der Waals surface area contributed by atoms with Crippen LogP contribution in [-0.4, -0.2) is 32.3 Å². The number of Topliss-reactive ketones (excluding diaryl/α,β-unsaturated/α-hetero) is 1. The van der Waals surface area contributed by atoms with Gasteiger partial charge in [0.05, 0.1) is 21.6 Å². The Morgan fingerprint density at radius 2 is 2.08 bits per heavy atom. The summed E-state index contributed by atoms with van der Waals surface area (Å²) in [5.74, 6) is -0.486. The highest BCUT2D eigenvalue weighted by molar-refractivity contribution is 7.17. The molecule has 25 heavy (non-hydrogen) atoms. The minimum Gasteiger partial charge on any atom is -0.303 e. The van der Waals surface area contributed by atoms with E-state index >= 15 is 0 Å². The predicted molar refractivity (Wildman–Crippen MR) is 91.0 cm³/mol. The van der Waals surface area contributed by atoms with Crippen LogP contribution in [0.4, 0.5) is 4.79 Å². The van der Waals surface area contributed by atoms with Gasteiger partial charge in [-0.15, -0.1) is 11.3 Å². The van der Waals surface area contributed by atoms with Gasteiger partial charge in [0.2, 0.25) is 0 Å². The van der Waals surface area contributed by atoms with Crippen molar-refractivity contribution in [2.75, 3.05) is 0 Å². The van der Waals surface area contributed by atoms with Crippen molar-refractivity contribution >= 4 is 40.8 Å². The molecule has 0 atom stereocenters. The molecule has 0 radical (unpaired) electrons. The van der Waals surface area contributed by atoms with Gasteiger partial charge >= 0.3 is 6.03 Å². The molecule has 1 saturated heterocycles. The molecule has 8 nitrogen and oxygen atoms in total. The number of thiophene rings is 1. The lowest BCUT2D eigenvalue weighted by Crippen LogP contribution is -2.22. The highest BCUT2D eigenvalue weighted by Crippen LogP contribution is 2.27. The summed E-state index contributed by atoms with van der Waals surface area (Å²) in [6, 6.07) is 4.86. The summed E-state index contributed by atoms with van der Waals surface area (Å²) < 4.78 is 1.57. The zero-order chi connectivity index (χ0) is 17.6. The minimum atomic E-state index is -0.559. The third kappa shape index (κ3) is 2.70. The second kappa shape index (κ2) is 5.64. The molecule has 0 spiro atoms. The fourth-order valence-corrected chi connectivity index (χ4v) is 3.30. The highest BCUT2D eigenvalue weighted by atomic mass is 32.1. The number of carbonyl (C=O) groups excluding carboxylic acids is 3. The standard InChI is InChI=1S/C16H11N5O3S/c1-8(22)12-2-3-13(25-12)10-4-5-21-14(18-10)9(7-17-21)6-11-15(23)20-16(24)19-11/h2-7H,1H3,(H2,19,20,23,24)/b11-6-. The summed E-state index contributed by atoms with van der Waals surface area (Å²) in [5.41, 5.74) is 1.97. The van der Waals surface area contributed by atoms with E-state index in [2.05, 4.69) is 20.7 Å². The van der Waals surface area contributed by atoms with Gasteiger partial charge in [-0.2, -0.15) is 5.10 Å². The summed E-state index contributed by atoms with van der Waals surface area (Å²) in [5, 5.41) is 8.76. The Hall–Kier alpha value is -3.33. The monoisotopic (exact) mass is 353 g/mol. The summed E-state index contributed by atoms with van der Waals surface area (Å²) in [4.78, 5) is 40.4.